The molecule has 3 aromatic carbocycles. The average Bonchev–Trinajstić information content (AvgIpc) is 3.19. The second-order valence-electron chi connectivity index (χ2n) is 8.32. The van der Waals surface area contributed by atoms with Crippen molar-refractivity contribution in [2.24, 2.45) is 4.40 Å². The topological polar surface area (TPSA) is 94.0 Å². The van der Waals surface area contributed by atoms with Crippen molar-refractivity contribution in [3.05, 3.63) is 136 Å². The fraction of sp³-hybridized carbons (Fsp3) is 0.0357. The molecule has 0 saturated heterocycles. The maximum atomic E-state index is 13.5. The molecule has 0 unspecified atom stereocenters. The zero-order chi connectivity index (χ0) is 26.9. The summed E-state index contributed by atoms with van der Waals surface area (Å²) in [7, 11) is -4.21. The second-order valence-corrected chi connectivity index (χ2v) is 11.0. The number of fused-ring (bicyclic) bond motifs is 1. The number of pyridine rings is 1. The van der Waals surface area contributed by atoms with Gasteiger partial charge in [-0.1, -0.05) is 60.3 Å². The van der Waals surface area contributed by atoms with Crippen molar-refractivity contribution in [2.45, 2.75) is 21.6 Å². The van der Waals surface area contributed by atoms with Gasteiger partial charge in [-0.05, 0) is 55.0 Å². The monoisotopic (exact) mass is 545 g/mol. The van der Waals surface area contributed by atoms with Crippen LogP contribution in [0.15, 0.2) is 122 Å². The highest BCUT2D eigenvalue weighted by atomic mass is 32.2. The van der Waals surface area contributed by atoms with Crippen LogP contribution in [0.5, 0.6) is 0 Å². The van der Waals surface area contributed by atoms with Crippen molar-refractivity contribution in [2.75, 3.05) is 0 Å². The number of sulfonamides is 1. The highest BCUT2D eigenvalue weighted by molar-refractivity contribution is 7.99. The van der Waals surface area contributed by atoms with Crippen LogP contribution < -0.4 is 0 Å². The van der Waals surface area contributed by atoms with Crippen LogP contribution in [-0.2, 0) is 10.0 Å². The van der Waals surface area contributed by atoms with Crippen molar-refractivity contribution in [1.82, 2.24) is 4.40 Å². The molecular formula is C28H20FN3O4S2. The number of para-hydroxylation sites is 1. The van der Waals surface area contributed by atoms with E-state index in [1.807, 2.05) is 35.6 Å². The Morgan fingerprint density at radius 1 is 0.921 bits per heavy atom. The van der Waals surface area contributed by atoms with Gasteiger partial charge in [0.05, 0.1) is 25.9 Å². The normalized spacial score (nSPS) is 12.1. The number of nitro groups is 1. The quantitative estimate of drug-likeness (QED) is 0.129. The molecule has 0 aliphatic rings. The van der Waals surface area contributed by atoms with Gasteiger partial charge in [0.15, 0.2) is 0 Å². The van der Waals surface area contributed by atoms with E-state index in [4.69, 9.17) is 0 Å². The van der Waals surface area contributed by atoms with Crippen molar-refractivity contribution in [3.8, 4) is 0 Å². The Morgan fingerprint density at radius 2 is 1.58 bits per heavy atom. The summed E-state index contributed by atoms with van der Waals surface area (Å²) in [4.78, 5) is 12.3. The molecule has 0 amide bonds. The molecule has 190 valence electrons. The molecule has 0 aliphatic carbocycles. The van der Waals surface area contributed by atoms with Gasteiger partial charge in [-0.25, -0.2) is 4.39 Å². The van der Waals surface area contributed by atoms with E-state index in [9.17, 15) is 22.9 Å². The number of rotatable bonds is 7. The Hall–Kier alpha value is -4.28. The molecule has 2 heterocycles. The number of hydrogen-bond donors (Lipinski definition) is 0. The third-order valence-electron chi connectivity index (χ3n) is 5.90. The molecule has 0 radical (unpaired) electrons. The Labute approximate surface area is 222 Å². The maximum Gasteiger partial charge on any atom is 0.283 e. The molecule has 0 bridgehead atoms. The van der Waals surface area contributed by atoms with Crippen LogP contribution in [0.2, 0.25) is 0 Å². The number of benzene rings is 3. The Kier molecular flexibility index (Phi) is 6.83. The molecule has 5 aromatic rings. The van der Waals surface area contributed by atoms with Crippen LogP contribution in [0.25, 0.3) is 5.52 Å². The van der Waals surface area contributed by atoms with Crippen LogP contribution in [0.1, 0.15) is 16.8 Å². The van der Waals surface area contributed by atoms with Crippen LogP contribution in [0.3, 0.4) is 0 Å². The molecular weight excluding hydrogens is 525 g/mol. The SMILES string of the molecule is Cc1c(Sc2ccccc2[N+](=O)[O-])c2ccccn2c1/C(=N/S(=O)(=O)c1ccc(F)cc1)c1ccccc1. The summed E-state index contributed by atoms with van der Waals surface area (Å²) < 4.78 is 46.3. The molecule has 7 nitrogen and oxygen atoms in total. The number of hydrogen-bond acceptors (Lipinski definition) is 5. The largest absolute Gasteiger partial charge is 0.314 e. The summed E-state index contributed by atoms with van der Waals surface area (Å²) in [5, 5.41) is 11.6. The van der Waals surface area contributed by atoms with Gasteiger partial charge >= 0.3 is 0 Å². The van der Waals surface area contributed by atoms with Crippen molar-refractivity contribution < 1.29 is 17.7 Å². The van der Waals surface area contributed by atoms with Gasteiger partial charge in [0.2, 0.25) is 0 Å². The van der Waals surface area contributed by atoms with Gasteiger partial charge in [0.1, 0.15) is 11.5 Å². The predicted molar refractivity (Wildman–Crippen MR) is 145 cm³/mol. The van der Waals surface area contributed by atoms with E-state index >= 15 is 0 Å². The number of halogens is 1. The molecule has 2 aromatic heterocycles. The average molecular weight is 546 g/mol. The van der Waals surface area contributed by atoms with E-state index in [1.165, 1.54) is 30.0 Å². The van der Waals surface area contributed by atoms with Crippen LogP contribution in [0, 0.1) is 22.9 Å². The molecule has 0 atom stereocenters. The van der Waals surface area contributed by atoms with E-state index < -0.39 is 20.8 Å². The molecule has 0 N–H and O–H groups in total. The van der Waals surface area contributed by atoms with Gasteiger partial charge in [-0.2, -0.15) is 12.8 Å². The molecule has 0 spiro atoms. The van der Waals surface area contributed by atoms with Gasteiger partial charge in [0, 0.05) is 22.7 Å². The van der Waals surface area contributed by atoms with Gasteiger partial charge < -0.3 is 4.40 Å². The Bertz CT molecular complexity index is 1800. The molecule has 0 saturated carbocycles. The Morgan fingerprint density at radius 3 is 2.29 bits per heavy atom. The maximum absolute atomic E-state index is 13.5. The molecule has 10 heteroatoms. The van der Waals surface area contributed by atoms with E-state index in [2.05, 4.69) is 4.40 Å². The summed E-state index contributed by atoms with van der Waals surface area (Å²) in [6.07, 6.45) is 1.80. The number of nitro benzene ring substituents is 1. The van der Waals surface area contributed by atoms with E-state index in [-0.39, 0.29) is 16.3 Å². The zero-order valence-electron chi connectivity index (χ0n) is 20.0. The fourth-order valence-electron chi connectivity index (χ4n) is 4.14. The van der Waals surface area contributed by atoms with Crippen molar-refractivity contribution >= 4 is 38.7 Å². The first-order valence-electron chi connectivity index (χ1n) is 11.4. The summed E-state index contributed by atoms with van der Waals surface area (Å²) in [6.45, 7) is 1.84. The van der Waals surface area contributed by atoms with Crippen molar-refractivity contribution in [3.63, 3.8) is 0 Å². The smallest absolute Gasteiger partial charge is 0.283 e. The lowest BCUT2D eigenvalue weighted by molar-refractivity contribution is -0.387. The second kappa shape index (κ2) is 10.2. The molecule has 0 aliphatic heterocycles. The first kappa shape index (κ1) is 25.4. The van der Waals surface area contributed by atoms with Crippen LogP contribution in [0.4, 0.5) is 10.1 Å². The van der Waals surface area contributed by atoms with E-state index in [0.717, 1.165) is 22.5 Å². The fourth-order valence-corrected chi connectivity index (χ4v) is 6.29. The van der Waals surface area contributed by atoms with Crippen molar-refractivity contribution in [1.29, 1.82) is 0 Å². The predicted octanol–water partition coefficient (Wildman–Crippen LogP) is 6.67. The summed E-state index contributed by atoms with van der Waals surface area (Å²) in [5.41, 5.74) is 2.71. The van der Waals surface area contributed by atoms with Gasteiger partial charge in [-0.3, -0.25) is 10.1 Å². The third-order valence-corrected chi connectivity index (χ3v) is 8.47. The number of aromatic nitrogens is 1. The lowest BCUT2D eigenvalue weighted by atomic mass is 10.1. The lowest BCUT2D eigenvalue weighted by Crippen LogP contribution is -2.12. The standard InChI is InChI=1S/C28H20FN3O4S2/c1-19-27(26(20-9-3-2-4-10-20)30-38(35,36)22-16-14-21(29)15-17-22)31-18-8-7-12-24(31)28(19)37-25-13-6-5-11-23(25)32(33)34/h2-18H,1H3/b30-26+. The minimum absolute atomic E-state index is 0.0235. The summed E-state index contributed by atoms with van der Waals surface area (Å²) >= 11 is 1.24. The molecule has 5 rings (SSSR count). The first-order valence-corrected chi connectivity index (χ1v) is 13.7. The summed E-state index contributed by atoms with van der Waals surface area (Å²) in [5.74, 6) is -0.554. The highest BCUT2D eigenvalue weighted by Crippen LogP contribution is 2.41. The highest BCUT2D eigenvalue weighted by Gasteiger charge is 2.25. The zero-order valence-corrected chi connectivity index (χ0v) is 21.6. The molecule has 38 heavy (non-hydrogen) atoms. The Balaban J connectivity index is 1.76. The minimum atomic E-state index is -4.21. The third kappa shape index (κ3) is 4.83. The van der Waals surface area contributed by atoms with Gasteiger partial charge in [-0.15, -0.1) is 0 Å². The minimum Gasteiger partial charge on any atom is -0.314 e. The van der Waals surface area contributed by atoms with Crippen LogP contribution >= 0.6 is 11.8 Å². The molecule has 0 fully saturated rings. The van der Waals surface area contributed by atoms with E-state index in [1.54, 1.807) is 48.7 Å². The van der Waals surface area contributed by atoms with E-state index in [0.29, 0.717) is 21.7 Å². The number of nitrogens with zero attached hydrogens (tertiary/aromatic N) is 3. The summed E-state index contributed by atoms with van der Waals surface area (Å²) in [6, 6.07) is 25.4. The first-order chi connectivity index (χ1) is 18.3. The van der Waals surface area contributed by atoms with Crippen LogP contribution in [-0.4, -0.2) is 23.5 Å². The van der Waals surface area contributed by atoms with Gasteiger partial charge in [0.25, 0.3) is 15.7 Å². The lowest BCUT2D eigenvalue weighted by Gasteiger charge is -2.10.